The monoisotopic (exact) mass is 308 g/mol. The van der Waals surface area contributed by atoms with Crippen LogP contribution in [-0.4, -0.2) is 5.97 Å². The van der Waals surface area contributed by atoms with Crippen molar-refractivity contribution in [1.29, 1.82) is 0 Å². The van der Waals surface area contributed by atoms with Crippen molar-refractivity contribution < 1.29 is 9.53 Å². The molecule has 0 N–H and O–H groups in total. The zero-order chi connectivity index (χ0) is 17.1. The van der Waals surface area contributed by atoms with Crippen LogP contribution in [0.25, 0.3) is 0 Å². The molecule has 120 valence electrons. The molecule has 1 aromatic rings. The zero-order valence-electron chi connectivity index (χ0n) is 14.2. The molecule has 0 saturated carbocycles. The SMILES string of the molecule is C=C(C)C(=C)Cc1ccccc1C(=O)OC1=C(C)C(C)CC1=C. The van der Waals surface area contributed by atoms with E-state index in [9.17, 15) is 4.79 Å². The Balaban J connectivity index is 2.25. The lowest BCUT2D eigenvalue weighted by Crippen LogP contribution is -2.09. The first-order chi connectivity index (χ1) is 10.8. The smallest absolute Gasteiger partial charge is 0.343 e. The van der Waals surface area contributed by atoms with E-state index in [0.717, 1.165) is 34.3 Å². The lowest BCUT2D eigenvalue weighted by atomic mass is 9.97. The molecule has 1 atom stereocenters. The minimum absolute atomic E-state index is 0.334. The van der Waals surface area contributed by atoms with Crippen LogP contribution in [0.4, 0.5) is 0 Å². The largest absolute Gasteiger partial charge is 0.423 e. The van der Waals surface area contributed by atoms with Crippen LogP contribution in [0.15, 0.2) is 72.1 Å². The van der Waals surface area contributed by atoms with Crippen LogP contribution in [0.1, 0.15) is 43.1 Å². The van der Waals surface area contributed by atoms with E-state index in [0.29, 0.717) is 23.7 Å². The summed E-state index contributed by atoms with van der Waals surface area (Å²) < 4.78 is 5.66. The molecule has 2 nitrogen and oxygen atoms in total. The minimum atomic E-state index is -0.334. The van der Waals surface area contributed by atoms with Gasteiger partial charge >= 0.3 is 5.97 Å². The summed E-state index contributed by atoms with van der Waals surface area (Å²) in [4.78, 5) is 12.6. The third-order valence-corrected chi connectivity index (χ3v) is 4.41. The highest BCUT2D eigenvalue weighted by molar-refractivity contribution is 5.92. The molecule has 1 aliphatic carbocycles. The van der Waals surface area contributed by atoms with Gasteiger partial charge in [-0.2, -0.15) is 0 Å². The number of carbonyl (C=O) groups is 1. The van der Waals surface area contributed by atoms with E-state index in [1.54, 1.807) is 6.07 Å². The van der Waals surface area contributed by atoms with Gasteiger partial charge in [0.05, 0.1) is 5.56 Å². The predicted octanol–water partition coefficient (Wildman–Crippen LogP) is 5.39. The van der Waals surface area contributed by atoms with Crippen molar-refractivity contribution >= 4 is 5.97 Å². The Kier molecular flexibility index (Phi) is 5.05. The van der Waals surface area contributed by atoms with Crippen LogP contribution in [0.2, 0.25) is 0 Å². The van der Waals surface area contributed by atoms with Crippen molar-refractivity contribution in [3.05, 3.63) is 83.2 Å². The average Bonchev–Trinajstić information content (AvgIpc) is 2.74. The fraction of sp³-hybridized carbons (Fsp3) is 0.286. The summed E-state index contributed by atoms with van der Waals surface area (Å²) in [5.74, 6) is 0.694. The van der Waals surface area contributed by atoms with Crippen LogP contribution >= 0.6 is 0 Å². The fourth-order valence-electron chi connectivity index (χ4n) is 2.67. The topological polar surface area (TPSA) is 26.3 Å². The molecular formula is C21H24O2. The quantitative estimate of drug-likeness (QED) is 0.538. The normalized spacial score (nSPS) is 17.3. The molecule has 0 aromatic heterocycles. The molecule has 0 heterocycles. The molecule has 0 radical (unpaired) electrons. The molecule has 0 fully saturated rings. The molecule has 23 heavy (non-hydrogen) atoms. The Bertz CT molecular complexity index is 719. The van der Waals surface area contributed by atoms with Crippen molar-refractivity contribution in [2.24, 2.45) is 5.92 Å². The second-order valence-corrected chi connectivity index (χ2v) is 6.33. The van der Waals surface area contributed by atoms with Gasteiger partial charge in [-0.25, -0.2) is 4.79 Å². The number of hydrogen-bond donors (Lipinski definition) is 0. The van der Waals surface area contributed by atoms with Gasteiger partial charge in [-0.05, 0) is 61.0 Å². The van der Waals surface area contributed by atoms with Crippen LogP contribution in [0.5, 0.6) is 0 Å². The fourth-order valence-corrected chi connectivity index (χ4v) is 2.67. The molecule has 0 amide bonds. The molecular weight excluding hydrogens is 284 g/mol. The van der Waals surface area contributed by atoms with E-state index < -0.39 is 0 Å². The summed E-state index contributed by atoms with van der Waals surface area (Å²) in [5, 5.41) is 0. The summed E-state index contributed by atoms with van der Waals surface area (Å²) in [6.45, 7) is 18.0. The van der Waals surface area contributed by atoms with Gasteiger partial charge in [-0.3, -0.25) is 0 Å². The second kappa shape index (κ2) is 6.82. The zero-order valence-corrected chi connectivity index (χ0v) is 14.2. The number of ether oxygens (including phenoxy) is 1. The average molecular weight is 308 g/mol. The Labute approximate surface area is 138 Å². The van der Waals surface area contributed by atoms with Crippen LogP contribution in [-0.2, 0) is 11.2 Å². The van der Waals surface area contributed by atoms with E-state index in [-0.39, 0.29) is 5.97 Å². The van der Waals surface area contributed by atoms with Gasteiger partial charge in [0, 0.05) is 0 Å². The van der Waals surface area contributed by atoms with Gasteiger partial charge < -0.3 is 4.74 Å². The molecule has 2 rings (SSSR count). The highest BCUT2D eigenvalue weighted by Gasteiger charge is 2.26. The molecule has 2 heteroatoms. The molecule has 0 saturated heterocycles. The molecule has 1 unspecified atom stereocenters. The lowest BCUT2D eigenvalue weighted by Gasteiger charge is -2.12. The molecule has 0 spiro atoms. The minimum Gasteiger partial charge on any atom is -0.423 e. The standard InChI is InChI=1S/C21H24O2/c1-13(2)14(3)12-18-9-7-8-10-19(18)21(22)23-20-16(5)11-15(4)17(20)6/h7-10,15H,1,3,5,11-12H2,2,4,6H3. The lowest BCUT2D eigenvalue weighted by molar-refractivity contribution is 0.0630. The van der Waals surface area contributed by atoms with E-state index in [2.05, 4.69) is 26.7 Å². The summed E-state index contributed by atoms with van der Waals surface area (Å²) in [6, 6.07) is 7.48. The first-order valence-corrected chi connectivity index (χ1v) is 7.84. The number of benzene rings is 1. The first kappa shape index (κ1) is 17.0. The van der Waals surface area contributed by atoms with Crippen molar-refractivity contribution in [1.82, 2.24) is 0 Å². The van der Waals surface area contributed by atoms with Gasteiger partial charge in [0.1, 0.15) is 5.76 Å². The number of hydrogen-bond acceptors (Lipinski definition) is 2. The second-order valence-electron chi connectivity index (χ2n) is 6.33. The van der Waals surface area contributed by atoms with Gasteiger partial charge in [-0.15, -0.1) is 0 Å². The Morgan fingerprint density at radius 3 is 2.52 bits per heavy atom. The number of allylic oxidation sites excluding steroid dienone is 4. The van der Waals surface area contributed by atoms with Gasteiger partial charge in [0.25, 0.3) is 0 Å². The van der Waals surface area contributed by atoms with Crippen molar-refractivity contribution in [3.63, 3.8) is 0 Å². The highest BCUT2D eigenvalue weighted by atomic mass is 16.5. The molecule has 1 aliphatic rings. The number of esters is 1. The van der Waals surface area contributed by atoms with E-state index >= 15 is 0 Å². The Morgan fingerprint density at radius 2 is 1.96 bits per heavy atom. The molecule has 0 aliphatic heterocycles. The summed E-state index contributed by atoms with van der Waals surface area (Å²) in [7, 11) is 0. The first-order valence-electron chi connectivity index (χ1n) is 7.84. The van der Waals surface area contributed by atoms with E-state index in [4.69, 9.17) is 4.74 Å². The summed E-state index contributed by atoms with van der Waals surface area (Å²) >= 11 is 0. The Hall–Kier alpha value is -2.35. The Morgan fingerprint density at radius 1 is 1.30 bits per heavy atom. The van der Waals surface area contributed by atoms with Crippen LogP contribution in [0, 0.1) is 5.92 Å². The van der Waals surface area contributed by atoms with Gasteiger partial charge in [0.2, 0.25) is 0 Å². The maximum atomic E-state index is 12.6. The van der Waals surface area contributed by atoms with Gasteiger partial charge in [0.15, 0.2) is 0 Å². The summed E-state index contributed by atoms with van der Waals surface area (Å²) in [5.41, 5.74) is 5.30. The number of rotatable bonds is 5. The predicted molar refractivity (Wildman–Crippen MR) is 95.1 cm³/mol. The van der Waals surface area contributed by atoms with Crippen molar-refractivity contribution in [3.8, 4) is 0 Å². The van der Waals surface area contributed by atoms with E-state index in [1.807, 2.05) is 32.0 Å². The van der Waals surface area contributed by atoms with Crippen LogP contribution in [0.3, 0.4) is 0 Å². The molecule has 1 aromatic carbocycles. The van der Waals surface area contributed by atoms with Crippen molar-refractivity contribution in [2.75, 3.05) is 0 Å². The van der Waals surface area contributed by atoms with Crippen LogP contribution < -0.4 is 0 Å². The maximum absolute atomic E-state index is 12.6. The van der Waals surface area contributed by atoms with Crippen molar-refractivity contribution in [2.45, 2.75) is 33.6 Å². The third kappa shape index (κ3) is 3.70. The van der Waals surface area contributed by atoms with E-state index in [1.165, 1.54) is 0 Å². The maximum Gasteiger partial charge on any atom is 0.343 e. The third-order valence-electron chi connectivity index (χ3n) is 4.41. The van der Waals surface area contributed by atoms with Gasteiger partial charge in [-0.1, -0.05) is 50.4 Å². The molecule has 0 bridgehead atoms. The highest BCUT2D eigenvalue weighted by Crippen LogP contribution is 2.36. The summed E-state index contributed by atoms with van der Waals surface area (Å²) in [6.07, 6.45) is 1.44. The number of carbonyl (C=O) groups excluding carboxylic acids is 1.